The molecule has 1 aromatic heterocycles. The summed E-state index contributed by atoms with van der Waals surface area (Å²) in [5.74, 6) is 1.55. The van der Waals surface area contributed by atoms with E-state index < -0.39 is 5.54 Å². The van der Waals surface area contributed by atoms with Gasteiger partial charge in [-0.1, -0.05) is 30.7 Å². The highest BCUT2D eigenvalue weighted by atomic mass is 35.5. The summed E-state index contributed by atoms with van der Waals surface area (Å²) < 4.78 is 15.8. The highest BCUT2D eigenvalue weighted by Gasteiger charge is 2.29. The minimum Gasteiger partial charge on any atom is -0.364 e. The van der Waals surface area contributed by atoms with Crippen molar-refractivity contribution >= 4 is 23.1 Å². The van der Waals surface area contributed by atoms with Gasteiger partial charge in [-0.2, -0.15) is 0 Å². The van der Waals surface area contributed by atoms with E-state index in [0.29, 0.717) is 11.6 Å². The molecule has 2 heterocycles. The molecule has 0 amide bonds. The second-order valence-electron chi connectivity index (χ2n) is 9.11. The van der Waals surface area contributed by atoms with E-state index in [1.54, 1.807) is 12.1 Å². The Hall–Kier alpha value is -2.83. The van der Waals surface area contributed by atoms with E-state index in [9.17, 15) is 4.39 Å². The minimum absolute atomic E-state index is 0.270. The van der Waals surface area contributed by atoms with Gasteiger partial charge < -0.3 is 20.5 Å². The lowest BCUT2D eigenvalue weighted by Gasteiger charge is -2.38. The molecular formula is C26H31ClFN5. The maximum absolute atomic E-state index is 13.6. The Labute approximate surface area is 200 Å². The van der Waals surface area contributed by atoms with Crippen molar-refractivity contribution in [3.63, 3.8) is 0 Å². The molecule has 0 atom stereocenters. The zero-order chi connectivity index (χ0) is 23.8. The van der Waals surface area contributed by atoms with Crippen molar-refractivity contribution in [3.05, 3.63) is 76.5 Å². The van der Waals surface area contributed by atoms with Crippen molar-refractivity contribution in [2.24, 2.45) is 5.73 Å². The van der Waals surface area contributed by atoms with Crippen LogP contribution in [0, 0.1) is 12.7 Å². The molecule has 0 bridgehead atoms. The van der Waals surface area contributed by atoms with Crippen LogP contribution in [0.5, 0.6) is 0 Å². The summed E-state index contributed by atoms with van der Waals surface area (Å²) in [7, 11) is 0. The zero-order valence-corrected chi connectivity index (χ0v) is 20.4. The second-order valence-corrected chi connectivity index (χ2v) is 9.52. The average molecular weight is 468 g/mol. The smallest absolute Gasteiger partial charge is 0.138 e. The molecule has 2 aromatic carbocycles. The molecule has 4 rings (SSSR count). The molecule has 0 unspecified atom stereocenters. The van der Waals surface area contributed by atoms with Crippen molar-refractivity contribution in [2.75, 3.05) is 11.9 Å². The van der Waals surface area contributed by atoms with Gasteiger partial charge in [-0.3, -0.25) is 0 Å². The number of hydrogen-bond donors (Lipinski definition) is 2. The predicted octanol–water partition coefficient (Wildman–Crippen LogP) is 6.24. The van der Waals surface area contributed by atoms with Crippen LogP contribution in [0.2, 0.25) is 5.02 Å². The van der Waals surface area contributed by atoms with E-state index in [4.69, 9.17) is 22.3 Å². The molecule has 0 spiro atoms. The SMILES string of the molecule is CC/C=C(/N1CCn2c(nc(-c3ccc(F)cc3)c2Nc2ccc(C)c(Cl)c2)C1)C(C)(C)N. The third-order valence-corrected chi connectivity index (χ3v) is 6.33. The first-order valence-corrected chi connectivity index (χ1v) is 11.7. The summed E-state index contributed by atoms with van der Waals surface area (Å²) in [4.78, 5) is 7.31. The predicted molar refractivity (Wildman–Crippen MR) is 134 cm³/mol. The fourth-order valence-electron chi connectivity index (χ4n) is 4.27. The van der Waals surface area contributed by atoms with E-state index in [1.807, 2.05) is 39.0 Å². The Morgan fingerprint density at radius 1 is 1.21 bits per heavy atom. The minimum atomic E-state index is -0.440. The van der Waals surface area contributed by atoms with Gasteiger partial charge >= 0.3 is 0 Å². The number of anilines is 2. The van der Waals surface area contributed by atoms with Crippen LogP contribution in [-0.4, -0.2) is 26.5 Å². The Morgan fingerprint density at radius 2 is 1.94 bits per heavy atom. The molecule has 0 saturated carbocycles. The van der Waals surface area contributed by atoms with E-state index in [2.05, 4.69) is 27.8 Å². The number of nitrogens with zero attached hydrogens (tertiary/aromatic N) is 3. The largest absolute Gasteiger partial charge is 0.364 e. The van der Waals surface area contributed by atoms with Gasteiger partial charge in [0.15, 0.2) is 0 Å². The van der Waals surface area contributed by atoms with Gasteiger partial charge in [0.25, 0.3) is 0 Å². The Bertz CT molecular complexity index is 1170. The highest BCUT2D eigenvalue weighted by Crippen LogP contribution is 2.35. The van der Waals surface area contributed by atoms with E-state index in [0.717, 1.165) is 59.4 Å². The van der Waals surface area contributed by atoms with Gasteiger partial charge in [0, 0.05) is 40.6 Å². The van der Waals surface area contributed by atoms with Crippen molar-refractivity contribution in [1.29, 1.82) is 0 Å². The summed E-state index contributed by atoms with van der Waals surface area (Å²) in [5, 5.41) is 4.23. The normalized spacial score (nSPS) is 14.4. The number of aromatic nitrogens is 2. The molecule has 3 N–H and O–H groups in total. The number of hydrogen-bond acceptors (Lipinski definition) is 4. The summed E-state index contributed by atoms with van der Waals surface area (Å²) in [6.07, 6.45) is 3.12. The van der Waals surface area contributed by atoms with Gasteiger partial charge in [-0.25, -0.2) is 9.37 Å². The average Bonchev–Trinajstić information content (AvgIpc) is 3.12. The van der Waals surface area contributed by atoms with Crippen LogP contribution in [0.25, 0.3) is 11.3 Å². The summed E-state index contributed by atoms with van der Waals surface area (Å²) >= 11 is 6.37. The number of imidazole rings is 1. The molecule has 1 aliphatic rings. The molecule has 7 heteroatoms. The number of nitrogens with one attached hydrogen (secondary N) is 1. The second kappa shape index (κ2) is 9.20. The van der Waals surface area contributed by atoms with Crippen molar-refractivity contribution in [2.45, 2.75) is 52.7 Å². The number of nitrogens with two attached hydrogens (primary N) is 1. The molecule has 0 radical (unpaired) electrons. The lowest BCUT2D eigenvalue weighted by molar-refractivity contribution is 0.240. The summed E-state index contributed by atoms with van der Waals surface area (Å²) in [6.45, 7) is 10.4. The number of aryl methyl sites for hydroxylation is 1. The van der Waals surface area contributed by atoms with Crippen molar-refractivity contribution in [3.8, 4) is 11.3 Å². The van der Waals surface area contributed by atoms with Crippen molar-refractivity contribution < 1.29 is 4.39 Å². The third-order valence-electron chi connectivity index (χ3n) is 5.92. The monoisotopic (exact) mass is 467 g/mol. The number of allylic oxidation sites excluding steroid dienone is 1. The lowest BCUT2D eigenvalue weighted by Crippen LogP contribution is -2.45. The molecule has 33 heavy (non-hydrogen) atoms. The van der Waals surface area contributed by atoms with Crippen LogP contribution in [0.15, 0.2) is 54.2 Å². The number of halogens is 2. The van der Waals surface area contributed by atoms with Gasteiger partial charge in [0.2, 0.25) is 0 Å². The van der Waals surface area contributed by atoms with Crippen LogP contribution < -0.4 is 11.1 Å². The topological polar surface area (TPSA) is 59.1 Å². The van der Waals surface area contributed by atoms with Gasteiger partial charge in [-0.15, -0.1) is 0 Å². The maximum atomic E-state index is 13.6. The quantitative estimate of drug-likeness (QED) is 0.450. The standard InChI is InChI=1S/C26H31ClFN5/c1-5-6-22(26(3,4)29)32-13-14-33-23(16-32)31-24(18-8-10-19(28)11-9-18)25(33)30-20-12-7-17(2)21(27)15-20/h6-12,15,30H,5,13-14,16,29H2,1-4H3/b22-6+. The summed E-state index contributed by atoms with van der Waals surface area (Å²) in [5.41, 5.74) is 10.7. The molecule has 0 fully saturated rings. The maximum Gasteiger partial charge on any atom is 0.138 e. The molecule has 3 aromatic rings. The first kappa shape index (κ1) is 23.3. The molecule has 0 saturated heterocycles. The van der Waals surface area contributed by atoms with E-state index in [-0.39, 0.29) is 5.82 Å². The van der Waals surface area contributed by atoms with Crippen LogP contribution >= 0.6 is 11.6 Å². The van der Waals surface area contributed by atoms with Crippen LogP contribution in [0.1, 0.15) is 38.6 Å². The number of fused-ring (bicyclic) bond motifs is 1. The van der Waals surface area contributed by atoms with Crippen LogP contribution in [0.4, 0.5) is 15.9 Å². The molecule has 1 aliphatic heterocycles. The fraction of sp³-hybridized carbons (Fsp3) is 0.346. The lowest BCUT2D eigenvalue weighted by atomic mass is 9.99. The van der Waals surface area contributed by atoms with Crippen molar-refractivity contribution in [1.82, 2.24) is 14.5 Å². The van der Waals surface area contributed by atoms with Gasteiger partial charge in [0.05, 0.1) is 6.54 Å². The molecule has 0 aliphatic carbocycles. The number of benzene rings is 2. The van der Waals surface area contributed by atoms with Crippen LogP contribution in [0.3, 0.4) is 0 Å². The van der Waals surface area contributed by atoms with Crippen LogP contribution in [-0.2, 0) is 13.1 Å². The summed E-state index contributed by atoms with van der Waals surface area (Å²) in [6, 6.07) is 12.4. The molecule has 5 nitrogen and oxygen atoms in total. The third kappa shape index (κ3) is 4.92. The first-order valence-electron chi connectivity index (χ1n) is 11.3. The molecular weight excluding hydrogens is 437 g/mol. The fourth-order valence-corrected chi connectivity index (χ4v) is 4.45. The first-order chi connectivity index (χ1) is 15.7. The van der Waals surface area contributed by atoms with Gasteiger partial charge in [-0.05, 0) is 69.2 Å². The zero-order valence-electron chi connectivity index (χ0n) is 19.6. The van der Waals surface area contributed by atoms with Gasteiger partial charge in [0.1, 0.15) is 23.2 Å². The molecule has 174 valence electrons. The Balaban J connectivity index is 1.76. The highest BCUT2D eigenvalue weighted by molar-refractivity contribution is 6.31. The van der Waals surface area contributed by atoms with E-state index in [1.165, 1.54) is 12.1 Å². The number of rotatable bonds is 6. The van der Waals surface area contributed by atoms with E-state index >= 15 is 0 Å². The Morgan fingerprint density at radius 3 is 2.58 bits per heavy atom. The Kier molecular flexibility index (Phi) is 6.50.